The average Bonchev–Trinajstić information content (AvgIpc) is 2.98. The van der Waals surface area contributed by atoms with E-state index in [1.165, 1.54) is 16.7 Å². The maximum atomic E-state index is 9.50. The molecule has 1 aromatic carbocycles. The van der Waals surface area contributed by atoms with Crippen LogP contribution in [0.3, 0.4) is 0 Å². The minimum atomic E-state index is 0.489. The fourth-order valence-electron chi connectivity index (χ4n) is 3.42. The van der Waals surface area contributed by atoms with E-state index in [0.29, 0.717) is 11.5 Å². The van der Waals surface area contributed by atoms with Gasteiger partial charge in [-0.25, -0.2) is 0 Å². The summed E-state index contributed by atoms with van der Waals surface area (Å²) >= 11 is 0. The van der Waals surface area contributed by atoms with Gasteiger partial charge in [-0.15, -0.1) is 5.10 Å². The molecule has 1 saturated heterocycles. The molecule has 1 aliphatic rings. The van der Waals surface area contributed by atoms with Crippen molar-refractivity contribution >= 4 is 5.82 Å². The van der Waals surface area contributed by atoms with Crippen LogP contribution in [0.5, 0.6) is 0 Å². The number of nitriles is 1. The highest BCUT2D eigenvalue weighted by Crippen LogP contribution is 2.32. The van der Waals surface area contributed by atoms with Crippen LogP contribution in [0, 0.1) is 39.0 Å². The van der Waals surface area contributed by atoms with Crippen molar-refractivity contribution in [1.29, 1.82) is 5.26 Å². The Hall–Kier alpha value is -2.41. The Bertz CT molecular complexity index is 768. The van der Waals surface area contributed by atoms with Gasteiger partial charge in [-0.2, -0.15) is 10.4 Å². The third-order valence-electron chi connectivity index (χ3n) is 4.75. The van der Waals surface area contributed by atoms with E-state index in [2.05, 4.69) is 53.2 Å². The third-order valence-corrected chi connectivity index (χ3v) is 4.75. The molecule has 2 aromatic rings. The third kappa shape index (κ3) is 2.92. The molecule has 4 nitrogen and oxygen atoms in total. The molecule has 0 N–H and O–H groups in total. The Morgan fingerprint density at radius 2 is 1.78 bits per heavy atom. The zero-order valence-electron chi connectivity index (χ0n) is 14.2. The van der Waals surface area contributed by atoms with E-state index in [4.69, 9.17) is 0 Å². The van der Waals surface area contributed by atoms with Gasteiger partial charge in [0.05, 0.1) is 5.69 Å². The number of anilines is 1. The molecule has 0 amide bonds. The molecule has 2 heterocycles. The van der Waals surface area contributed by atoms with Gasteiger partial charge < -0.3 is 4.90 Å². The number of nitrogens with zero attached hydrogens (tertiary/aromatic N) is 4. The van der Waals surface area contributed by atoms with E-state index in [0.717, 1.165) is 36.6 Å². The van der Waals surface area contributed by atoms with E-state index in [1.54, 1.807) is 0 Å². The molecule has 4 heteroatoms. The first-order chi connectivity index (χ1) is 11.0. The topological polar surface area (TPSA) is 52.8 Å². The Morgan fingerprint density at radius 3 is 2.43 bits per heavy atom. The highest BCUT2D eigenvalue weighted by molar-refractivity contribution is 5.58. The summed E-state index contributed by atoms with van der Waals surface area (Å²) < 4.78 is 0. The SMILES string of the molecule is Cc1cc(C)cc(C2CCN(c3nnc(C)c(C)c3C#N)C2)c1. The number of aromatic nitrogens is 2. The molecule has 118 valence electrons. The lowest BCUT2D eigenvalue weighted by atomic mass is 9.95. The lowest BCUT2D eigenvalue weighted by Crippen LogP contribution is -2.23. The van der Waals surface area contributed by atoms with Crippen LogP contribution in [-0.4, -0.2) is 23.3 Å². The van der Waals surface area contributed by atoms with Gasteiger partial charge in [-0.1, -0.05) is 29.3 Å². The average molecular weight is 306 g/mol. The minimum Gasteiger partial charge on any atom is -0.353 e. The van der Waals surface area contributed by atoms with Crippen molar-refractivity contribution in [2.75, 3.05) is 18.0 Å². The van der Waals surface area contributed by atoms with Crippen LogP contribution in [0.4, 0.5) is 5.82 Å². The molecule has 0 radical (unpaired) electrons. The van der Waals surface area contributed by atoms with Crippen LogP contribution in [0.2, 0.25) is 0 Å². The highest BCUT2D eigenvalue weighted by atomic mass is 15.3. The van der Waals surface area contributed by atoms with Crippen molar-refractivity contribution in [3.8, 4) is 6.07 Å². The van der Waals surface area contributed by atoms with Crippen LogP contribution < -0.4 is 4.90 Å². The quantitative estimate of drug-likeness (QED) is 0.851. The molecule has 1 aromatic heterocycles. The Labute approximate surface area is 137 Å². The summed E-state index contributed by atoms with van der Waals surface area (Å²) in [5.74, 6) is 1.23. The second-order valence-corrected chi connectivity index (χ2v) is 6.57. The van der Waals surface area contributed by atoms with Gasteiger partial charge in [0.15, 0.2) is 5.82 Å². The second-order valence-electron chi connectivity index (χ2n) is 6.57. The zero-order chi connectivity index (χ0) is 16.6. The van der Waals surface area contributed by atoms with Crippen molar-refractivity contribution in [1.82, 2.24) is 10.2 Å². The summed E-state index contributed by atoms with van der Waals surface area (Å²) in [6.45, 7) is 9.95. The van der Waals surface area contributed by atoms with Crippen molar-refractivity contribution in [3.05, 3.63) is 51.7 Å². The molecule has 3 rings (SSSR count). The summed E-state index contributed by atoms with van der Waals surface area (Å²) in [6.07, 6.45) is 1.09. The van der Waals surface area contributed by atoms with Gasteiger partial charge in [0, 0.05) is 19.0 Å². The van der Waals surface area contributed by atoms with E-state index >= 15 is 0 Å². The smallest absolute Gasteiger partial charge is 0.169 e. The first kappa shape index (κ1) is 15.5. The Morgan fingerprint density at radius 1 is 1.09 bits per heavy atom. The monoisotopic (exact) mass is 306 g/mol. The van der Waals surface area contributed by atoms with Crippen molar-refractivity contribution in [2.24, 2.45) is 0 Å². The summed E-state index contributed by atoms with van der Waals surface area (Å²) in [7, 11) is 0. The van der Waals surface area contributed by atoms with E-state index < -0.39 is 0 Å². The Kier molecular flexibility index (Phi) is 4.04. The van der Waals surface area contributed by atoms with Crippen molar-refractivity contribution in [3.63, 3.8) is 0 Å². The normalized spacial score (nSPS) is 17.3. The largest absolute Gasteiger partial charge is 0.353 e. The fourth-order valence-corrected chi connectivity index (χ4v) is 3.42. The van der Waals surface area contributed by atoms with Crippen LogP contribution in [-0.2, 0) is 0 Å². The number of rotatable bonds is 2. The molecule has 1 atom stereocenters. The number of aryl methyl sites for hydroxylation is 3. The molecule has 0 saturated carbocycles. The molecule has 1 fully saturated rings. The molecule has 1 aliphatic heterocycles. The maximum absolute atomic E-state index is 9.50. The van der Waals surface area contributed by atoms with E-state index in [1.807, 2.05) is 13.8 Å². The number of hydrogen-bond acceptors (Lipinski definition) is 4. The minimum absolute atomic E-state index is 0.489. The molecule has 0 bridgehead atoms. The van der Waals surface area contributed by atoms with Gasteiger partial charge in [0.25, 0.3) is 0 Å². The van der Waals surface area contributed by atoms with Gasteiger partial charge >= 0.3 is 0 Å². The number of hydrogen-bond donors (Lipinski definition) is 0. The molecule has 0 aliphatic carbocycles. The molecular formula is C19H22N4. The second kappa shape index (κ2) is 6.00. The van der Waals surface area contributed by atoms with Crippen LogP contribution in [0.25, 0.3) is 0 Å². The predicted molar refractivity (Wildman–Crippen MR) is 91.7 cm³/mol. The summed E-state index contributed by atoms with van der Waals surface area (Å²) in [5, 5.41) is 18.0. The predicted octanol–water partition coefficient (Wildman–Crippen LogP) is 3.58. The van der Waals surface area contributed by atoms with Crippen LogP contribution in [0.15, 0.2) is 18.2 Å². The summed E-state index contributed by atoms with van der Waals surface area (Å²) in [6, 6.07) is 9.07. The van der Waals surface area contributed by atoms with Gasteiger partial charge in [-0.3, -0.25) is 0 Å². The van der Waals surface area contributed by atoms with Gasteiger partial charge in [0.2, 0.25) is 0 Å². The lowest BCUT2D eigenvalue weighted by Gasteiger charge is -2.19. The number of benzene rings is 1. The molecule has 1 unspecified atom stereocenters. The summed E-state index contributed by atoms with van der Waals surface area (Å²) in [4.78, 5) is 2.21. The zero-order valence-corrected chi connectivity index (χ0v) is 14.2. The standard InChI is InChI=1S/C19H22N4/c1-12-7-13(2)9-17(8-12)16-5-6-23(11-16)19-18(10-20)14(3)15(4)21-22-19/h7-9,16H,5-6,11H2,1-4H3. The molecule has 0 spiro atoms. The van der Waals surface area contributed by atoms with E-state index in [9.17, 15) is 5.26 Å². The van der Waals surface area contributed by atoms with Crippen LogP contribution >= 0.6 is 0 Å². The van der Waals surface area contributed by atoms with Crippen molar-refractivity contribution < 1.29 is 0 Å². The van der Waals surface area contributed by atoms with Gasteiger partial charge in [-0.05, 0) is 45.2 Å². The molecule has 23 heavy (non-hydrogen) atoms. The fraction of sp³-hybridized carbons (Fsp3) is 0.421. The lowest BCUT2D eigenvalue weighted by molar-refractivity contribution is 0.770. The van der Waals surface area contributed by atoms with Crippen LogP contribution in [0.1, 0.15) is 45.8 Å². The van der Waals surface area contributed by atoms with Crippen molar-refractivity contribution in [2.45, 2.75) is 40.0 Å². The van der Waals surface area contributed by atoms with Gasteiger partial charge in [0.1, 0.15) is 11.6 Å². The Balaban J connectivity index is 1.89. The highest BCUT2D eigenvalue weighted by Gasteiger charge is 2.27. The first-order valence-electron chi connectivity index (χ1n) is 8.06. The summed E-state index contributed by atoms with van der Waals surface area (Å²) in [5.41, 5.74) is 6.44. The maximum Gasteiger partial charge on any atom is 0.169 e. The molecular weight excluding hydrogens is 284 g/mol. The first-order valence-corrected chi connectivity index (χ1v) is 8.06. The van der Waals surface area contributed by atoms with E-state index in [-0.39, 0.29) is 0 Å².